The standard InChI is InChI=1S/C9H15N3O2/c1-6(2)3-7-4-8(12-11-7)5-10-9(13)14/h4,6,10H,3,5H2,1-2H3,(H,11,12)(H,13,14). The van der Waals surface area contributed by atoms with Gasteiger partial charge in [-0.05, 0) is 18.4 Å². The van der Waals surface area contributed by atoms with Crippen molar-refractivity contribution in [1.82, 2.24) is 15.5 Å². The Morgan fingerprint density at radius 2 is 2.43 bits per heavy atom. The van der Waals surface area contributed by atoms with Crippen LogP contribution in [0.4, 0.5) is 4.79 Å². The zero-order chi connectivity index (χ0) is 10.6. The molecule has 0 fully saturated rings. The Hall–Kier alpha value is -1.52. The number of rotatable bonds is 4. The maximum Gasteiger partial charge on any atom is 0.404 e. The SMILES string of the molecule is CC(C)Cc1cc(CNC(=O)O)[nH]n1. The van der Waals surface area contributed by atoms with Gasteiger partial charge in [0.1, 0.15) is 0 Å². The number of H-pyrrole nitrogens is 1. The van der Waals surface area contributed by atoms with Gasteiger partial charge < -0.3 is 10.4 Å². The fraction of sp³-hybridized carbons (Fsp3) is 0.556. The number of carbonyl (C=O) groups is 1. The molecular formula is C9H15N3O2. The van der Waals surface area contributed by atoms with Gasteiger partial charge in [0.15, 0.2) is 0 Å². The highest BCUT2D eigenvalue weighted by Gasteiger charge is 2.04. The number of aromatic nitrogens is 2. The molecule has 0 bridgehead atoms. The van der Waals surface area contributed by atoms with E-state index in [1.165, 1.54) is 0 Å². The van der Waals surface area contributed by atoms with Crippen molar-refractivity contribution in [1.29, 1.82) is 0 Å². The summed E-state index contributed by atoms with van der Waals surface area (Å²) in [5.41, 5.74) is 1.77. The molecule has 0 aromatic carbocycles. The second-order valence-corrected chi connectivity index (χ2v) is 3.64. The molecule has 0 atom stereocenters. The first-order chi connectivity index (χ1) is 6.58. The van der Waals surface area contributed by atoms with Gasteiger partial charge in [0.2, 0.25) is 0 Å². The van der Waals surface area contributed by atoms with Gasteiger partial charge >= 0.3 is 6.09 Å². The Labute approximate surface area is 82.5 Å². The fourth-order valence-electron chi connectivity index (χ4n) is 1.19. The number of aromatic amines is 1. The maximum atomic E-state index is 10.2. The molecule has 5 nitrogen and oxygen atoms in total. The van der Waals surface area contributed by atoms with Crippen LogP contribution >= 0.6 is 0 Å². The van der Waals surface area contributed by atoms with Crippen molar-refractivity contribution < 1.29 is 9.90 Å². The summed E-state index contributed by atoms with van der Waals surface area (Å²) in [4.78, 5) is 10.2. The summed E-state index contributed by atoms with van der Waals surface area (Å²) in [6.45, 7) is 4.51. The number of hydrogen-bond acceptors (Lipinski definition) is 2. The van der Waals surface area contributed by atoms with Crippen molar-refractivity contribution in [2.45, 2.75) is 26.8 Å². The van der Waals surface area contributed by atoms with Crippen LogP contribution in [0.2, 0.25) is 0 Å². The van der Waals surface area contributed by atoms with Crippen molar-refractivity contribution in [2.24, 2.45) is 5.92 Å². The van der Waals surface area contributed by atoms with E-state index < -0.39 is 6.09 Å². The summed E-state index contributed by atoms with van der Waals surface area (Å²) < 4.78 is 0. The number of hydrogen-bond donors (Lipinski definition) is 3. The molecule has 14 heavy (non-hydrogen) atoms. The van der Waals surface area contributed by atoms with Crippen LogP contribution in [0.25, 0.3) is 0 Å². The molecule has 0 aliphatic heterocycles. The lowest BCUT2D eigenvalue weighted by Gasteiger charge is -1.98. The van der Waals surface area contributed by atoms with E-state index in [4.69, 9.17) is 5.11 Å². The normalized spacial score (nSPS) is 10.5. The van der Waals surface area contributed by atoms with Gasteiger partial charge in [-0.2, -0.15) is 5.10 Å². The van der Waals surface area contributed by atoms with Crippen LogP contribution in [-0.4, -0.2) is 21.4 Å². The Morgan fingerprint density at radius 3 is 3.00 bits per heavy atom. The molecule has 0 saturated heterocycles. The number of nitrogens with zero attached hydrogens (tertiary/aromatic N) is 1. The molecular weight excluding hydrogens is 182 g/mol. The van der Waals surface area contributed by atoms with Gasteiger partial charge in [-0.3, -0.25) is 5.10 Å². The van der Waals surface area contributed by atoms with E-state index in [1.54, 1.807) is 0 Å². The van der Waals surface area contributed by atoms with Crippen LogP contribution in [0.3, 0.4) is 0 Å². The summed E-state index contributed by atoms with van der Waals surface area (Å²) in [5, 5.41) is 17.5. The van der Waals surface area contributed by atoms with Crippen LogP contribution in [0, 0.1) is 5.92 Å². The molecule has 0 aliphatic rings. The van der Waals surface area contributed by atoms with Gasteiger partial charge in [-0.25, -0.2) is 4.79 Å². The van der Waals surface area contributed by atoms with Crippen molar-refractivity contribution in [2.75, 3.05) is 0 Å². The molecule has 5 heteroatoms. The number of carboxylic acid groups (broad SMARTS) is 1. The molecule has 1 heterocycles. The van der Waals surface area contributed by atoms with Gasteiger partial charge in [0.25, 0.3) is 0 Å². The Bertz CT molecular complexity index is 307. The van der Waals surface area contributed by atoms with Crippen molar-refractivity contribution in [3.63, 3.8) is 0 Å². The predicted octanol–water partition coefficient (Wildman–Crippen LogP) is 1.38. The molecule has 0 aliphatic carbocycles. The molecule has 1 aromatic heterocycles. The van der Waals surface area contributed by atoms with Gasteiger partial charge in [-0.15, -0.1) is 0 Å². The second kappa shape index (κ2) is 4.64. The van der Waals surface area contributed by atoms with Gasteiger partial charge in [-0.1, -0.05) is 13.8 Å². The monoisotopic (exact) mass is 197 g/mol. The van der Waals surface area contributed by atoms with Crippen LogP contribution < -0.4 is 5.32 Å². The molecule has 0 unspecified atom stereocenters. The van der Waals surface area contributed by atoms with Crippen molar-refractivity contribution >= 4 is 6.09 Å². The number of nitrogens with one attached hydrogen (secondary N) is 2. The van der Waals surface area contributed by atoms with E-state index in [1.807, 2.05) is 6.07 Å². The summed E-state index contributed by atoms with van der Waals surface area (Å²) >= 11 is 0. The number of amides is 1. The highest BCUT2D eigenvalue weighted by Crippen LogP contribution is 2.06. The van der Waals surface area contributed by atoms with E-state index in [2.05, 4.69) is 29.4 Å². The third-order valence-corrected chi connectivity index (χ3v) is 1.73. The van der Waals surface area contributed by atoms with Crippen LogP contribution in [-0.2, 0) is 13.0 Å². The molecule has 0 saturated carbocycles. The van der Waals surface area contributed by atoms with Crippen LogP contribution in [0.15, 0.2) is 6.07 Å². The average Bonchev–Trinajstić information content (AvgIpc) is 2.47. The fourth-order valence-corrected chi connectivity index (χ4v) is 1.19. The average molecular weight is 197 g/mol. The summed E-state index contributed by atoms with van der Waals surface area (Å²) in [6, 6.07) is 1.88. The first-order valence-electron chi connectivity index (χ1n) is 4.58. The molecule has 1 aromatic rings. The molecule has 1 rings (SSSR count). The molecule has 3 N–H and O–H groups in total. The lowest BCUT2D eigenvalue weighted by Crippen LogP contribution is -2.20. The topological polar surface area (TPSA) is 78.0 Å². The molecule has 1 amide bonds. The third kappa shape index (κ3) is 3.47. The first kappa shape index (κ1) is 10.6. The predicted molar refractivity (Wildman–Crippen MR) is 52.0 cm³/mol. The Kier molecular flexibility index (Phi) is 3.50. The molecule has 78 valence electrons. The largest absolute Gasteiger partial charge is 0.465 e. The maximum absolute atomic E-state index is 10.2. The zero-order valence-corrected chi connectivity index (χ0v) is 8.37. The smallest absolute Gasteiger partial charge is 0.404 e. The third-order valence-electron chi connectivity index (χ3n) is 1.73. The minimum absolute atomic E-state index is 0.278. The highest BCUT2D eigenvalue weighted by atomic mass is 16.4. The lowest BCUT2D eigenvalue weighted by atomic mass is 10.1. The molecule has 0 radical (unpaired) electrons. The van der Waals surface area contributed by atoms with Crippen LogP contribution in [0.1, 0.15) is 25.2 Å². The van der Waals surface area contributed by atoms with E-state index >= 15 is 0 Å². The first-order valence-corrected chi connectivity index (χ1v) is 4.58. The Balaban J connectivity index is 2.46. The minimum Gasteiger partial charge on any atom is -0.465 e. The molecule has 0 spiro atoms. The van der Waals surface area contributed by atoms with E-state index in [0.29, 0.717) is 5.92 Å². The van der Waals surface area contributed by atoms with E-state index in [-0.39, 0.29) is 6.54 Å². The summed E-state index contributed by atoms with van der Waals surface area (Å²) in [5.74, 6) is 0.554. The second-order valence-electron chi connectivity index (χ2n) is 3.64. The Morgan fingerprint density at radius 1 is 1.71 bits per heavy atom. The summed E-state index contributed by atoms with van der Waals surface area (Å²) in [6.07, 6.45) is -0.117. The van der Waals surface area contributed by atoms with Crippen molar-refractivity contribution in [3.05, 3.63) is 17.5 Å². The van der Waals surface area contributed by atoms with Gasteiger partial charge in [0.05, 0.1) is 17.9 Å². The minimum atomic E-state index is -1.02. The lowest BCUT2D eigenvalue weighted by molar-refractivity contribution is 0.194. The van der Waals surface area contributed by atoms with E-state index in [9.17, 15) is 4.79 Å². The van der Waals surface area contributed by atoms with E-state index in [0.717, 1.165) is 17.8 Å². The quantitative estimate of drug-likeness (QED) is 0.682. The van der Waals surface area contributed by atoms with Crippen molar-refractivity contribution in [3.8, 4) is 0 Å². The van der Waals surface area contributed by atoms with Gasteiger partial charge in [0, 0.05) is 0 Å². The highest BCUT2D eigenvalue weighted by molar-refractivity contribution is 5.64. The summed E-state index contributed by atoms with van der Waals surface area (Å²) in [7, 11) is 0. The zero-order valence-electron chi connectivity index (χ0n) is 8.37. The van der Waals surface area contributed by atoms with Crippen LogP contribution in [0.5, 0.6) is 0 Å².